The molecular formula is C16H24N4OS. The van der Waals surface area contributed by atoms with E-state index in [1.807, 2.05) is 11.6 Å². The number of hydrogen-bond donors (Lipinski definition) is 1. The van der Waals surface area contributed by atoms with E-state index in [0.717, 1.165) is 44.1 Å². The largest absolute Gasteiger partial charge is 0.342 e. The van der Waals surface area contributed by atoms with E-state index in [1.165, 1.54) is 19.3 Å². The van der Waals surface area contributed by atoms with Crippen molar-refractivity contribution in [1.29, 1.82) is 0 Å². The van der Waals surface area contributed by atoms with E-state index in [9.17, 15) is 4.79 Å². The molecule has 1 aromatic rings. The molecule has 6 heteroatoms. The maximum Gasteiger partial charge on any atom is 0.225 e. The molecule has 3 aliphatic rings. The minimum atomic E-state index is 0.330. The lowest BCUT2D eigenvalue weighted by Crippen LogP contribution is -2.43. The number of piperidine rings is 1. The molecule has 1 saturated heterocycles. The van der Waals surface area contributed by atoms with Gasteiger partial charge in [-0.1, -0.05) is 6.42 Å². The van der Waals surface area contributed by atoms with Gasteiger partial charge in [-0.2, -0.15) is 5.10 Å². The Labute approximate surface area is 136 Å². The third-order valence-corrected chi connectivity index (χ3v) is 6.51. The van der Waals surface area contributed by atoms with E-state index >= 15 is 0 Å². The zero-order valence-corrected chi connectivity index (χ0v) is 13.9. The second kappa shape index (κ2) is 5.48. The number of hydrogen-bond acceptors (Lipinski definition) is 3. The van der Waals surface area contributed by atoms with Crippen molar-refractivity contribution in [3.63, 3.8) is 0 Å². The van der Waals surface area contributed by atoms with Crippen LogP contribution in [0.1, 0.15) is 50.3 Å². The van der Waals surface area contributed by atoms with Gasteiger partial charge in [0.2, 0.25) is 5.91 Å². The summed E-state index contributed by atoms with van der Waals surface area (Å²) < 4.78 is 2.64. The summed E-state index contributed by atoms with van der Waals surface area (Å²) in [6, 6.07) is 0. The maximum atomic E-state index is 12.8. The molecule has 0 unspecified atom stereocenters. The van der Waals surface area contributed by atoms with Gasteiger partial charge in [-0.25, -0.2) is 0 Å². The van der Waals surface area contributed by atoms with Gasteiger partial charge in [0, 0.05) is 32.0 Å². The quantitative estimate of drug-likeness (QED) is 0.852. The monoisotopic (exact) mass is 320 g/mol. The summed E-state index contributed by atoms with van der Waals surface area (Å²) in [5.41, 5.74) is 0. The number of amides is 1. The predicted molar refractivity (Wildman–Crippen MR) is 85.9 cm³/mol. The van der Waals surface area contributed by atoms with Crippen LogP contribution in [0, 0.1) is 22.5 Å². The van der Waals surface area contributed by atoms with Crippen LogP contribution in [0.4, 0.5) is 0 Å². The van der Waals surface area contributed by atoms with Crippen LogP contribution in [0.25, 0.3) is 0 Å². The lowest BCUT2D eigenvalue weighted by Gasteiger charge is -2.35. The first kappa shape index (κ1) is 14.4. The van der Waals surface area contributed by atoms with Crippen LogP contribution >= 0.6 is 12.2 Å². The Morgan fingerprint density at radius 2 is 2.00 bits per heavy atom. The predicted octanol–water partition coefficient (Wildman–Crippen LogP) is 2.62. The van der Waals surface area contributed by atoms with Gasteiger partial charge >= 0.3 is 0 Å². The molecule has 0 radical (unpaired) electrons. The Morgan fingerprint density at radius 3 is 2.55 bits per heavy atom. The molecule has 2 aliphatic carbocycles. The highest BCUT2D eigenvalue weighted by Gasteiger charge is 2.44. The second-order valence-electron chi connectivity index (χ2n) is 7.33. The summed E-state index contributed by atoms with van der Waals surface area (Å²) in [6.07, 6.45) is 7.09. The van der Waals surface area contributed by atoms with Crippen molar-refractivity contribution < 1.29 is 4.79 Å². The van der Waals surface area contributed by atoms with E-state index in [4.69, 9.17) is 12.2 Å². The Morgan fingerprint density at radius 1 is 1.23 bits per heavy atom. The number of likely N-dealkylation sites (tertiary alicyclic amines) is 1. The highest BCUT2D eigenvalue weighted by molar-refractivity contribution is 7.71. The van der Waals surface area contributed by atoms with Gasteiger partial charge in [0.1, 0.15) is 5.82 Å². The molecule has 3 atom stereocenters. The van der Waals surface area contributed by atoms with Crippen molar-refractivity contribution in [2.75, 3.05) is 13.1 Å². The fourth-order valence-electron chi connectivity index (χ4n) is 4.86. The minimum absolute atomic E-state index is 0.330. The van der Waals surface area contributed by atoms with E-state index in [1.54, 1.807) is 0 Å². The number of aromatic amines is 1. The van der Waals surface area contributed by atoms with Gasteiger partial charge in [0.25, 0.3) is 0 Å². The SMILES string of the molecule is Cn1c(C2CCN(C(=O)[C@@H]3C[C@H]4CC[C@H]3C4)CC2)n[nH]c1=S. The summed E-state index contributed by atoms with van der Waals surface area (Å²) in [7, 11) is 1.97. The highest BCUT2D eigenvalue weighted by atomic mass is 32.1. The van der Waals surface area contributed by atoms with E-state index < -0.39 is 0 Å². The van der Waals surface area contributed by atoms with Crippen LogP contribution in [-0.2, 0) is 11.8 Å². The molecule has 3 fully saturated rings. The van der Waals surface area contributed by atoms with Gasteiger partial charge in [0.15, 0.2) is 4.77 Å². The first-order valence-corrected chi connectivity index (χ1v) is 8.94. The lowest BCUT2D eigenvalue weighted by molar-refractivity contribution is -0.138. The number of carbonyl (C=O) groups excluding carboxylic acids is 1. The van der Waals surface area contributed by atoms with Crippen LogP contribution in [0.2, 0.25) is 0 Å². The van der Waals surface area contributed by atoms with Crippen LogP contribution in [0.3, 0.4) is 0 Å². The first-order chi connectivity index (χ1) is 10.6. The maximum absolute atomic E-state index is 12.8. The zero-order chi connectivity index (χ0) is 15.3. The molecule has 4 rings (SSSR count). The van der Waals surface area contributed by atoms with E-state index in [0.29, 0.717) is 28.4 Å². The van der Waals surface area contributed by atoms with Crippen molar-refractivity contribution in [3.05, 3.63) is 10.6 Å². The average Bonchev–Trinajstić information content (AvgIpc) is 3.24. The molecular weight excluding hydrogens is 296 g/mol. The summed E-state index contributed by atoms with van der Waals surface area (Å²) in [4.78, 5) is 14.9. The van der Waals surface area contributed by atoms with Crippen molar-refractivity contribution in [3.8, 4) is 0 Å². The molecule has 120 valence electrons. The van der Waals surface area contributed by atoms with Gasteiger partial charge in [-0.05, 0) is 56.2 Å². The molecule has 0 spiro atoms. The fraction of sp³-hybridized carbons (Fsp3) is 0.812. The Hall–Kier alpha value is -1.17. The fourth-order valence-corrected chi connectivity index (χ4v) is 5.00. The molecule has 1 aliphatic heterocycles. The van der Waals surface area contributed by atoms with Gasteiger partial charge in [-0.15, -0.1) is 0 Å². The van der Waals surface area contributed by atoms with Gasteiger partial charge in [0.05, 0.1) is 0 Å². The molecule has 1 aromatic heterocycles. The number of nitrogens with one attached hydrogen (secondary N) is 1. The Kier molecular flexibility index (Phi) is 3.59. The van der Waals surface area contributed by atoms with Crippen LogP contribution in [0.15, 0.2) is 0 Å². The number of nitrogens with zero attached hydrogens (tertiary/aromatic N) is 3. The van der Waals surface area contributed by atoms with Crippen LogP contribution in [0.5, 0.6) is 0 Å². The average molecular weight is 320 g/mol. The number of fused-ring (bicyclic) bond motifs is 2. The Bertz CT molecular complexity index is 628. The normalized spacial score (nSPS) is 31.9. The smallest absolute Gasteiger partial charge is 0.225 e. The number of rotatable bonds is 2. The summed E-state index contributed by atoms with van der Waals surface area (Å²) in [5.74, 6) is 3.74. The third-order valence-electron chi connectivity index (χ3n) is 6.14. The topological polar surface area (TPSA) is 53.9 Å². The molecule has 1 N–H and O–H groups in total. The van der Waals surface area contributed by atoms with Gasteiger partial charge < -0.3 is 9.47 Å². The van der Waals surface area contributed by atoms with Gasteiger partial charge in [-0.3, -0.25) is 9.89 Å². The molecule has 2 heterocycles. The van der Waals surface area contributed by atoms with Crippen molar-refractivity contribution in [2.45, 2.75) is 44.4 Å². The zero-order valence-electron chi connectivity index (χ0n) is 13.1. The first-order valence-electron chi connectivity index (χ1n) is 8.53. The standard InChI is InChI=1S/C16H24N4OS/c1-19-14(17-18-16(19)22)11-4-6-20(7-5-11)15(21)13-9-10-2-3-12(13)8-10/h10-13H,2-9H2,1H3,(H,18,22)/t10-,12-,13+/m0/s1. The molecule has 1 amide bonds. The molecule has 22 heavy (non-hydrogen) atoms. The summed E-state index contributed by atoms with van der Waals surface area (Å²) in [6.45, 7) is 1.74. The molecule has 5 nitrogen and oxygen atoms in total. The summed E-state index contributed by atoms with van der Waals surface area (Å²) >= 11 is 5.19. The Balaban J connectivity index is 1.38. The minimum Gasteiger partial charge on any atom is -0.342 e. The summed E-state index contributed by atoms with van der Waals surface area (Å²) in [5, 5.41) is 7.23. The molecule has 2 saturated carbocycles. The van der Waals surface area contributed by atoms with E-state index in [2.05, 4.69) is 15.1 Å². The van der Waals surface area contributed by atoms with Crippen LogP contribution < -0.4 is 0 Å². The number of aromatic nitrogens is 3. The second-order valence-corrected chi connectivity index (χ2v) is 7.71. The molecule has 0 aromatic carbocycles. The lowest BCUT2D eigenvalue weighted by atomic mass is 9.86. The van der Waals surface area contributed by atoms with Crippen molar-refractivity contribution in [2.24, 2.45) is 24.8 Å². The van der Waals surface area contributed by atoms with Crippen LogP contribution in [-0.4, -0.2) is 38.7 Å². The number of carbonyl (C=O) groups is 1. The molecule has 2 bridgehead atoms. The van der Waals surface area contributed by atoms with E-state index in [-0.39, 0.29) is 0 Å². The highest BCUT2D eigenvalue weighted by Crippen LogP contribution is 2.49. The number of H-pyrrole nitrogens is 1. The van der Waals surface area contributed by atoms with Crippen molar-refractivity contribution in [1.82, 2.24) is 19.7 Å². The van der Waals surface area contributed by atoms with Crippen molar-refractivity contribution >= 4 is 18.1 Å². The third kappa shape index (κ3) is 2.32.